The zero-order chi connectivity index (χ0) is 24.0. The SMILES string of the molecule is CC1(C)C(NC(=O)CSc2cccc[n+]2[O-])C2CCN(C(=O)c3cc4cc(Br)ccc4cn3)C21. The Bertz CT molecular complexity index is 1280. The van der Waals surface area contributed by atoms with Crippen molar-refractivity contribution in [1.29, 1.82) is 0 Å². The Labute approximate surface area is 210 Å². The molecule has 34 heavy (non-hydrogen) atoms. The lowest BCUT2D eigenvalue weighted by Gasteiger charge is -2.57. The lowest BCUT2D eigenvalue weighted by Crippen LogP contribution is -2.70. The van der Waals surface area contributed by atoms with Crippen LogP contribution < -0.4 is 10.0 Å². The summed E-state index contributed by atoms with van der Waals surface area (Å²) in [7, 11) is 0. The van der Waals surface area contributed by atoms with Crippen LogP contribution in [-0.4, -0.2) is 46.1 Å². The maximum absolute atomic E-state index is 13.4. The topological polar surface area (TPSA) is 89.2 Å². The minimum absolute atomic E-state index is 0.0148. The Morgan fingerprint density at radius 3 is 2.88 bits per heavy atom. The zero-order valence-corrected chi connectivity index (χ0v) is 21.3. The average Bonchev–Trinajstić information content (AvgIpc) is 3.24. The first-order valence-corrected chi connectivity index (χ1v) is 13.0. The van der Waals surface area contributed by atoms with Gasteiger partial charge in [0.2, 0.25) is 5.91 Å². The Morgan fingerprint density at radius 2 is 2.09 bits per heavy atom. The van der Waals surface area contributed by atoms with Crippen LogP contribution in [0.4, 0.5) is 0 Å². The van der Waals surface area contributed by atoms with Crippen molar-refractivity contribution >= 4 is 50.3 Å². The number of halogens is 1. The Hall–Kier alpha value is -2.65. The zero-order valence-electron chi connectivity index (χ0n) is 18.9. The highest BCUT2D eigenvalue weighted by molar-refractivity contribution is 9.10. The molecule has 0 radical (unpaired) electrons. The predicted molar refractivity (Wildman–Crippen MR) is 134 cm³/mol. The van der Waals surface area contributed by atoms with Crippen LogP contribution >= 0.6 is 27.7 Å². The largest absolute Gasteiger partial charge is 0.618 e. The third-order valence-electron chi connectivity index (χ3n) is 7.06. The molecular weight excluding hydrogens is 516 g/mol. The molecule has 9 heteroatoms. The van der Waals surface area contributed by atoms with E-state index >= 15 is 0 Å². The number of carbonyl (C=O) groups is 2. The highest BCUT2D eigenvalue weighted by Gasteiger charge is 2.62. The van der Waals surface area contributed by atoms with Gasteiger partial charge in [0.15, 0.2) is 6.20 Å². The van der Waals surface area contributed by atoms with Crippen LogP contribution in [0.25, 0.3) is 10.8 Å². The van der Waals surface area contributed by atoms with Gasteiger partial charge in [-0.1, -0.05) is 35.8 Å². The van der Waals surface area contributed by atoms with E-state index in [-0.39, 0.29) is 41.0 Å². The molecule has 1 saturated carbocycles. The molecule has 3 heterocycles. The minimum Gasteiger partial charge on any atom is -0.618 e. The Kier molecular flexibility index (Phi) is 6.02. The van der Waals surface area contributed by atoms with E-state index in [0.717, 1.165) is 26.4 Å². The number of pyridine rings is 2. The molecule has 1 saturated heterocycles. The second-order valence-corrected chi connectivity index (χ2v) is 11.4. The summed E-state index contributed by atoms with van der Waals surface area (Å²) in [6.07, 6.45) is 4.01. The van der Waals surface area contributed by atoms with Crippen LogP contribution in [-0.2, 0) is 4.79 Å². The summed E-state index contributed by atoms with van der Waals surface area (Å²) in [6, 6.07) is 12.9. The van der Waals surface area contributed by atoms with Crippen LogP contribution in [0, 0.1) is 16.5 Å². The number of rotatable bonds is 5. The van der Waals surface area contributed by atoms with E-state index in [4.69, 9.17) is 0 Å². The number of aromatic nitrogens is 2. The van der Waals surface area contributed by atoms with Crippen LogP contribution in [0.1, 0.15) is 30.8 Å². The Morgan fingerprint density at radius 1 is 1.26 bits per heavy atom. The lowest BCUT2D eigenvalue weighted by atomic mass is 9.56. The maximum atomic E-state index is 13.4. The molecule has 3 unspecified atom stereocenters. The van der Waals surface area contributed by atoms with E-state index in [1.165, 1.54) is 18.0 Å². The quantitative estimate of drug-likeness (QED) is 0.302. The first-order valence-electron chi connectivity index (χ1n) is 11.2. The van der Waals surface area contributed by atoms with Gasteiger partial charge in [-0.25, -0.2) is 0 Å². The Balaban J connectivity index is 1.26. The summed E-state index contributed by atoms with van der Waals surface area (Å²) in [5, 5.41) is 17.4. The van der Waals surface area contributed by atoms with E-state index in [9.17, 15) is 14.8 Å². The number of fused-ring (bicyclic) bond motifs is 2. The fourth-order valence-electron chi connectivity index (χ4n) is 5.51. The van der Waals surface area contributed by atoms with E-state index < -0.39 is 0 Å². The van der Waals surface area contributed by atoms with Crippen molar-refractivity contribution in [2.24, 2.45) is 11.3 Å². The average molecular weight is 541 g/mol. The van der Waals surface area contributed by atoms with Crippen molar-refractivity contribution < 1.29 is 14.3 Å². The van der Waals surface area contributed by atoms with Gasteiger partial charge in [0.1, 0.15) is 5.69 Å². The number of nitrogens with one attached hydrogen (secondary N) is 1. The van der Waals surface area contributed by atoms with Gasteiger partial charge >= 0.3 is 0 Å². The molecule has 176 valence electrons. The summed E-state index contributed by atoms with van der Waals surface area (Å²) in [5.41, 5.74) is 0.182. The molecule has 1 aliphatic heterocycles. The predicted octanol–water partition coefficient (Wildman–Crippen LogP) is 3.78. The van der Waals surface area contributed by atoms with Crippen molar-refractivity contribution in [2.45, 2.75) is 37.4 Å². The molecule has 7 nitrogen and oxygen atoms in total. The second-order valence-electron chi connectivity index (χ2n) is 9.48. The minimum atomic E-state index is -0.262. The summed E-state index contributed by atoms with van der Waals surface area (Å²) < 4.78 is 1.72. The fraction of sp³-hybridized carbons (Fsp3) is 0.360. The molecule has 2 fully saturated rings. The fourth-order valence-corrected chi connectivity index (χ4v) is 6.62. The molecule has 2 amide bonds. The number of likely N-dealkylation sites (tertiary alicyclic amines) is 1. The summed E-state index contributed by atoms with van der Waals surface area (Å²) in [4.78, 5) is 32.4. The van der Waals surface area contributed by atoms with Gasteiger partial charge in [0, 0.05) is 58.1 Å². The van der Waals surface area contributed by atoms with E-state index in [0.29, 0.717) is 17.3 Å². The molecular formula is C25H25BrN4O3S. The molecule has 5 rings (SSSR count). The van der Waals surface area contributed by atoms with Gasteiger partial charge in [-0.3, -0.25) is 14.6 Å². The molecule has 1 aromatic carbocycles. The number of benzene rings is 1. The molecule has 3 atom stereocenters. The summed E-state index contributed by atoms with van der Waals surface area (Å²) >= 11 is 4.71. The van der Waals surface area contributed by atoms with Gasteiger partial charge in [-0.05, 0) is 47.8 Å². The molecule has 1 N–H and O–H groups in total. The summed E-state index contributed by atoms with van der Waals surface area (Å²) in [5.74, 6) is 0.225. The van der Waals surface area contributed by atoms with Crippen molar-refractivity contribution in [3.63, 3.8) is 0 Å². The van der Waals surface area contributed by atoms with E-state index in [1.807, 2.05) is 29.2 Å². The van der Waals surface area contributed by atoms with Gasteiger partial charge in [-0.2, -0.15) is 4.73 Å². The third-order valence-corrected chi connectivity index (χ3v) is 8.57. The van der Waals surface area contributed by atoms with Crippen LogP contribution in [0.15, 0.2) is 64.4 Å². The second kappa shape index (κ2) is 8.85. The standard InChI is InChI=1S/C25H25BrN4O3S/c1-25(2)22(28-20(31)14-34-21-5-3-4-9-30(21)33)18-8-10-29(23(18)25)24(32)19-12-16-11-17(26)7-6-15(16)13-27-19/h3-7,9,11-13,18,22-23H,8,10,14H2,1-2H3,(H,28,31). The number of amides is 2. The highest BCUT2D eigenvalue weighted by Crippen LogP contribution is 2.53. The van der Waals surface area contributed by atoms with Crippen molar-refractivity contribution in [1.82, 2.24) is 15.2 Å². The van der Waals surface area contributed by atoms with Crippen LogP contribution in [0.3, 0.4) is 0 Å². The van der Waals surface area contributed by atoms with Crippen LogP contribution in [0.5, 0.6) is 0 Å². The third kappa shape index (κ3) is 4.05. The molecule has 3 aromatic rings. The molecule has 2 aromatic heterocycles. The molecule has 0 bridgehead atoms. The highest BCUT2D eigenvalue weighted by atomic mass is 79.9. The normalized spacial score (nSPS) is 22.8. The van der Waals surface area contributed by atoms with Crippen molar-refractivity contribution in [3.8, 4) is 0 Å². The molecule has 0 spiro atoms. The van der Waals surface area contributed by atoms with Gasteiger partial charge in [0.25, 0.3) is 10.9 Å². The first-order chi connectivity index (χ1) is 16.3. The van der Waals surface area contributed by atoms with Crippen LogP contribution in [0.2, 0.25) is 0 Å². The molecule has 1 aliphatic carbocycles. The van der Waals surface area contributed by atoms with Gasteiger partial charge in [0.05, 0.1) is 5.75 Å². The van der Waals surface area contributed by atoms with E-state index in [1.54, 1.807) is 24.4 Å². The first kappa shape index (κ1) is 23.1. The summed E-state index contributed by atoms with van der Waals surface area (Å²) in [6.45, 7) is 4.86. The number of nitrogens with zero attached hydrogens (tertiary/aromatic N) is 3. The van der Waals surface area contributed by atoms with Gasteiger partial charge < -0.3 is 15.4 Å². The number of thioether (sulfide) groups is 1. The number of hydrogen-bond acceptors (Lipinski definition) is 5. The number of hydrogen-bond donors (Lipinski definition) is 1. The maximum Gasteiger partial charge on any atom is 0.272 e. The van der Waals surface area contributed by atoms with E-state index in [2.05, 4.69) is 40.1 Å². The monoisotopic (exact) mass is 540 g/mol. The van der Waals surface area contributed by atoms with Crippen molar-refractivity contribution in [2.75, 3.05) is 12.3 Å². The van der Waals surface area contributed by atoms with Crippen molar-refractivity contribution in [3.05, 3.63) is 70.2 Å². The smallest absolute Gasteiger partial charge is 0.272 e. The number of carbonyl (C=O) groups excluding carboxylic acids is 2. The molecule has 2 aliphatic rings. The lowest BCUT2D eigenvalue weighted by molar-refractivity contribution is -0.645. The van der Waals surface area contributed by atoms with Gasteiger partial charge in [-0.15, -0.1) is 0 Å².